The van der Waals surface area contributed by atoms with Gasteiger partial charge < -0.3 is 30.2 Å². The molecule has 0 atom stereocenters. The van der Waals surface area contributed by atoms with Crippen LogP contribution in [0.25, 0.3) is 11.0 Å². The number of nitrogens with zero attached hydrogens (tertiary/aromatic N) is 1. The molecule has 0 saturated carbocycles. The number of benzene rings is 2. The first-order valence-electron chi connectivity index (χ1n) is 9.37. The number of rotatable bonds is 7. The number of likely N-dealkylation sites (N-methyl/N-ethyl adjacent to an activating group) is 1. The molecule has 0 aliphatic heterocycles. The number of carbonyl (C=O) groups is 1. The number of aromatic amines is 2. The molecule has 4 N–H and O–H groups in total. The highest BCUT2D eigenvalue weighted by molar-refractivity contribution is 5.98. The molecule has 0 spiro atoms. The lowest BCUT2D eigenvalue weighted by Gasteiger charge is -2.17. The number of urea groups is 1. The number of H-pyrrole nitrogens is 2. The van der Waals surface area contributed by atoms with Crippen molar-refractivity contribution >= 4 is 22.8 Å². The number of hydrogen-bond acceptors (Lipinski definition) is 4. The molecular formula is C20H22F3N5O3. The number of hydrogen-bond donors (Lipinski definition) is 4. The third kappa shape index (κ3) is 5.79. The van der Waals surface area contributed by atoms with Gasteiger partial charge in [-0.05, 0) is 38.4 Å². The van der Waals surface area contributed by atoms with E-state index in [1.165, 1.54) is 6.07 Å². The van der Waals surface area contributed by atoms with Crippen molar-refractivity contribution in [3.05, 3.63) is 58.0 Å². The van der Waals surface area contributed by atoms with Crippen molar-refractivity contribution in [1.29, 1.82) is 0 Å². The van der Waals surface area contributed by atoms with E-state index in [4.69, 9.17) is 4.74 Å². The first-order chi connectivity index (χ1) is 14.6. The summed E-state index contributed by atoms with van der Waals surface area (Å²) in [5.41, 5.74) is 0.503. The van der Waals surface area contributed by atoms with Gasteiger partial charge in [-0.2, -0.15) is 13.2 Å². The Morgan fingerprint density at radius 1 is 1.16 bits per heavy atom. The van der Waals surface area contributed by atoms with Gasteiger partial charge in [-0.1, -0.05) is 12.1 Å². The van der Waals surface area contributed by atoms with Crippen molar-refractivity contribution in [2.45, 2.75) is 12.7 Å². The lowest BCUT2D eigenvalue weighted by Crippen LogP contribution is -2.28. The predicted octanol–water partition coefficient (Wildman–Crippen LogP) is 3.14. The fourth-order valence-electron chi connectivity index (χ4n) is 2.85. The van der Waals surface area contributed by atoms with Gasteiger partial charge in [0.25, 0.3) is 0 Å². The van der Waals surface area contributed by atoms with Gasteiger partial charge in [0.15, 0.2) is 0 Å². The first kappa shape index (κ1) is 22.2. The molecule has 8 nitrogen and oxygen atoms in total. The highest BCUT2D eigenvalue weighted by Gasteiger charge is 2.31. The number of anilines is 1. The molecule has 0 aliphatic rings. The standard InChI is InChI=1S/C20H22F3N5O3/c1-28(2)8-9-31-16-10-13(20(21,22)23)7-6-12(16)11-24-18(29)25-14-4-3-5-15-17(14)27-19(30)26-15/h3-7,10H,8-9,11H2,1-2H3,(H2,24,25,29)(H2,26,27,30). The Kier molecular flexibility index (Phi) is 6.54. The Balaban J connectivity index is 1.71. The number of fused-ring (bicyclic) bond motifs is 1. The summed E-state index contributed by atoms with van der Waals surface area (Å²) in [6.45, 7) is 0.653. The monoisotopic (exact) mass is 437 g/mol. The number of alkyl halides is 3. The van der Waals surface area contributed by atoms with E-state index in [1.54, 1.807) is 18.2 Å². The number of imidazole rings is 1. The van der Waals surface area contributed by atoms with E-state index in [0.717, 1.165) is 12.1 Å². The summed E-state index contributed by atoms with van der Waals surface area (Å²) in [5, 5.41) is 5.21. The number of para-hydroxylation sites is 1. The molecule has 0 bridgehead atoms. The molecule has 2 aromatic carbocycles. The van der Waals surface area contributed by atoms with Gasteiger partial charge in [0.1, 0.15) is 12.4 Å². The van der Waals surface area contributed by atoms with Crippen molar-refractivity contribution in [2.75, 3.05) is 32.6 Å². The van der Waals surface area contributed by atoms with Crippen LogP contribution in [-0.4, -0.2) is 48.1 Å². The Bertz CT molecular complexity index is 1120. The molecule has 0 saturated heterocycles. The third-order valence-corrected chi connectivity index (χ3v) is 4.43. The minimum absolute atomic E-state index is 0.0500. The Morgan fingerprint density at radius 3 is 2.65 bits per heavy atom. The van der Waals surface area contributed by atoms with Crippen molar-refractivity contribution in [3.8, 4) is 5.75 Å². The van der Waals surface area contributed by atoms with Crippen LogP contribution in [0.5, 0.6) is 5.75 Å². The highest BCUT2D eigenvalue weighted by atomic mass is 19.4. The van der Waals surface area contributed by atoms with Crippen LogP contribution in [0.2, 0.25) is 0 Å². The van der Waals surface area contributed by atoms with Crippen LogP contribution in [0.1, 0.15) is 11.1 Å². The van der Waals surface area contributed by atoms with E-state index in [2.05, 4.69) is 20.6 Å². The molecule has 1 aromatic heterocycles. The predicted molar refractivity (Wildman–Crippen MR) is 110 cm³/mol. The minimum atomic E-state index is -4.50. The number of halogens is 3. The van der Waals surface area contributed by atoms with Crippen LogP contribution in [0.3, 0.4) is 0 Å². The van der Waals surface area contributed by atoms with Crippen LogP contribution in [-0.2, 0) is 12.7 Å². The molecule has 0 aliphatic carbocycles. The van der Waals surface area contributed by atoms with E-state index in [0.29, 0.717) is 28.8 Å². The zero-order chi connectivity index (χ0) is 22.6. The van der Waals surface area contributed by atoms with Gasteiger partial charge in [-0.15, -0.1) is 0 Å². The SMILES string of the molecule is CN(C)CCOc1cc(C(F)(F)F)ccc1CNC(=O)Nc1cccc2[nH]c(=O)[nH]c12. The summed E-state index contributed by atoms with van der Waals surface area (Å²) in [4.78, 5) is 30.8. The van der Waals surface area contributed by atoms with Crippen molar-refractivity contribution < 1.29 is 22.7 Å². The second-order valence-corrected chi connectivity index (χ2v) is 7.09. The number of aromatic nitrogens is 2. The first-order valence-corrected chi connectivity index (χ1v) is 9.37. The van der Waals surface area contributed by atoms with Gasteiger partial charge in [0.05, 0.1) is 22.3 Å². The second-order valence-electron chi connectivity index (χ2n) is 7.09. The van der Waals surface area contributed by atoms with Crippen LogP contribution >= 0.6 is 0 Å². The van der Waals surface area contributed by atoms with Gasteiger partial charge in [0.2, 0.25) is 0 Å². The second kappa shape index (κ2) is 9.13. The maximum atomic E-state index is 13.1. The molecule has 2 amide bonds. The average molecular weight is 437 g/mol. The zero-order valence-corrected chi connectivity index (χ0v) is 16.9. The summed E-state index contributed by atoms with van der Waals surface area (Å²) in [6.07, 6.45) is -4.50. The Hall–Kier alpha value is -3.47. The maximum Gasteiger partial charge on any atom is 0.416 e. The minimum Gasteiger partial charge on any atom is -0.492 e. The summed E-state index contributed by atoms with van der Waals surface area (Å²) in [6, 6.07) is 7.51. The quantitative estimate of drug-likeness (QED) is 0.456. The van der Waals surface area contributed by atoms with Crippen LogP contribution in [0, 0.1) is 0 Å². The molecule has 0 unspecified atom stereocenters. The fourth-order valence-corrected chi connectivity index (χ4v) is 2.85. The molecule has 166 valence electrons. The number of ether oxygens (including phenoxy) is 1. The van der Waals surface area contributed by atoms with Crippen molar-refractivity contribution in [3.63, 3.8) is 0 Å². The van der Waals surface area contributed by atoms with E-state index in [1.807, 2.05) is 19.0 Å². The number of carbonyl (C=O) groups excluding carboxylic acids is 1. The molecule has 0 radical (unpaired) electrons. The smallest absolute Gasteiger partial charge is 0.416 e. The van der Waals surface area contributed by atoms with E-state index in [-0.39, 0.29) is 18.9 Å². The van der Waals surface area contributed by atoms with Gasteiger partial charge in [-0.3, -0.25) is 0 Å². The summed E-state index contributed by atoms with van der Waals surface area (Å²) < 4.78 is 44.7. The molecular weight excluding hydrogens is 415 g/mol. The van der Waals surface area contributed by atoms with Crippen molar-refractivity contribution in [2.24, 2.45) is 0 Å². The van der Waals surface area contributed by atoms with E-state index in [9.17, 15) is 22.8 Å². The fraction of sp³-hybridized carbons (Fsp3) is 0.300. The van der Waals surface area contributed by atoms with Crippen LogP contribution < -0.4 is 21.1 Å². The summed E-state index contributed by atoms with van der Waals surface area (Å²) in [5.74, 6) is 0.0500. The summed E-state index contributed by atoms with van der Waals surface area (Å²) in [7, 11) is 3.64. The lowest BCUT2D eigenvalue weighted by atomic mass is 10.1. The molecule has 3 aromatic rings. The normalized spacial score (nSPS) is 11.7. The topological polar surface area (TPSA) is 102 Å². The zero-order valence-electron chi connectivity index (χ0n) is 16.9. The van der Waals surface area contributed by atoms with E-state index < -0.39 is 23.5 Å². The highest BCUT2D eigenvalue weighted by Crippen LogP contribution is 2.33. The molecule has 31 heavy (non-hydrogen) atoms. The summed E-state index contributed by atoms with van der Waals surface area (Å²) >= 11 is 0. The van der Waals surface area contributed by atoms with Crippen molar-refractivity contribution in [1.82, 2.24) is 20.2 Å². The molecule has 0 fully saturated rings. The molecule has 3 rings (SSSR count). The van der Waals surface area contributed by atoms with Crippen LogP contribution in [0.15, 0.2) is 41.2 Å². The Labute approximate surface area is 175 Å². The lowest BCUT2D eigenvalue weighted by molar-refractivity contribution is -0.137. The number of nitrogens with one attached hydrogen (secondary N) is 4. The third-order valence-electron chi connectivity index (χ3n) is 4.43. The van der Waals surface area contributed by atoms with Crippen LogP contribution in [0.4, 0.5) is 23.7 Å². The maximum absolute atomic E-state index is 13.1. The molecule has 1 heterocycles. The number of amides is 2. The van der Waals surface area contributed by atoms with Gasteiger partial charge >= 0.3 is 17.9 Å². The average Bonchev–Trinajstić information content (AvgIpc) is 3.07. The van der Waals surface area contributed by atoms with E-state index >= 15 is 0 Å². The Morgan fingerprint density at radius 2 is 1.94 bits per heavy atom. The largest absolute Gasteiger partial charge is 0.492 e. The van der Waals surface area contributed by atoms with Gasteiger partial charge in [-0.25, -0.2) is 9.59 Å². The molecule has 11 heteroatoms. The van der Waals surface area contributed by atoms with Gasteiger partial charge in [0, 0.05) is 18.7 Å².